The molecule has 0 spiro atoms. The summed E-state index contributed by atoms with van der Waals surface area (Å²) in [6.45, 7) is 4.35. The predicted octanol–water partition coefficient (Wildman–Crippen LogP) is 4.47. The molecule has 0 radical (unpaired) electrons. The molecule has 1 N–H and O–H groups in total. The number of nitrogens with zero attached hydrogens (tertiary/aromatic N) is 3. The Morgan fingerprint density at radius 2 is 2.00 bits per heavy atom. The van der Waals surface area contributed by atoms with Gasteiger partial charge in [-0.2, -0.15) is 0 Å². The van der Waals surface area contributed by atoms with Crippen molar-refractivity contribution in [3.8, 4) is 10.4 Å². The van der Waals surface area contributed by atoms with Crippen molar-refractivity contribution in [2.45, 2.75) is 19.8 Å². The molecule has 1 aliphatic heterocycles. The van der Waals surface area contributed by atoms with Crippen molar-refractivity contribution in [3.05, 3.63) is 41.1 Å². The van der Waals surface area contributed by atoms with Gasteiger partial charge in [0.25, 0.3) is 0 Å². The number of carbonyl (C=O) groups is 1. The van der Waals surface area contributed by atoms with Crippen LogP contribution in [0.4, 0.5) is 5.82 Å². The number of piperidine rings is 1. The maximum atomic E-state index is 12.1. The molecule has 1 amide bonds. The molecule has 1 aliphatic rings. The number of benzene rings is 1. The Hall–Kier alpha value is -1.99. The van der Waals surface area contributed by atoms with Crippen molar-refractivity contribution in [1.29, 1.82) is 0 Å². The lowest BCUT2D eigenvalue weighted by molar-refractivity contribution is -0.125. The first-order chi connectivity index (χ1) is 13.2. The van der Waals surface area contributed by atoms with E-state index in [9.17, 15) is 4.79 Å². The van der Waals surface area contributed by atoms with Crippen LogP contribution >= 0.6 is 27.3 Å². The molecular weight excluding hydrogens is 424 g/mol. The van der Waals surface area contributed by atoms with E-state index in [-0.39, 0.29) is 11.8 Å². The van der Waals surface area contributed by atoms with Gasteiger partial charge in [0.15, 0.2) is 0 Å². The number of thiophene rings is 1. The highest BCUT2D eigenvalue weighted by molar-refractivity contribution is 9.10. The smallest absolute Gasteiger partial charge is 0.223 e. The number of nitrogens with one attached hydrogen (secondary N) is 1. The highest BCUT2D eigenvalue weighted by Crippen LogP contribution is 2.38. The van der Waals surface area contributed by atoms with Crippen LogP contribution in [0.1, 0.15) is 19.8 Å². The van der Waals surface area contributed by atoms with Gasteiger partial charge in [-0.3, -0.25) is 4.79 Å². The Bertz CT molecular complexity index is 948. The lowest BCUT2D eigenvalue weighted by Gasteiger charge is -2.32. The maximum absolute atomic E-state index is 12.1. The van der Waals surface area contributed by atoms with Gasteiger partial charge >= 0.3 is 0 Å². The van der Waals surface area contributed by atoms with Crippen LogP contribution in [-0.2, 0) is 4.79 Å². The summed E-state index contributed by atoms with van der Waals surface area (Å²) in [5, 5.41) is 2.94. The van der Waals surface area contributed by atoms with Crippen LogP contribution in [0.25, 0.3) is 20.7 Å². The highest BCUT2D eigenvalue weighted by atomic mass is 79.9. The first-order valence-corrected chi connectivity index (χ1v) is 10.8. The second-order valence-electron chi connectivity index (χ2n) is 6.69. The Labute approximate surface area is 171 Å². The third-order valence-corrected chi connectivity index (χ3v) is 6.64. The molecule has 2 aromatic heterocycles. The third-order valence-electron chi connectivity index (χ3n) is 4.94. The lowest BCUT2D eigenvalue weighted by atomic mass is 9.96. The van der Waals surface area contributed by atoms with Crippen LogP contribution in [-0.4, -0.2) is 35.5 Å². The van der Waals surface area contributed by atoms with E-state index >= 15 is 0 Å². The van der Waals surface area contributed by atoms with Gasteiger partial charge in [-0.25, -0.2) is 9.97 Å². The molecule has 0 aliphatic carbocycles. The number of aromatic nitrogens is 2. The summed E-state index contributed by atoms with van der Waals surface area (Å²) < 4.78 is 2.19. The molecule has 0 bridgehead atoms. The molecule has 0 unspecified atom stereocenters. The number of rotatable bonds is 4. The lowest BCUT2D eigenvalue weighted by Crippen LogP contribution is -2.40. The van der Waals surface area contributed by atoms with Crippen LogP contribution in [0.15, 0.2) is 41.1 Å². The zero-order chi connectivity index (χ0) is 18.8. The number of anilines is 1. The number of hydrogen-bond acceptors (Lipinski definition) is 5. The molecule has 1 fully saturated rings. The van der Waals surface area contributed by atoms with E-state index in [1.807, 2.05) is 6.92 Å². The minimum Gasteiger partial charge on any atom is -0.356 e. The second kappa shape index (κ2) is 7.94. The second-order valence-corrected chi connectivity index (χ2v) is 8.65. The highest BCUT2D eigenvalue weighted by Gasteiger charge is 2.26. The molecule has 0 atom stereocenters. The quantitative estimate of drug-likeness (QED) is 0.644. The normalized spacial score (nSPS) is 15.3. The zero-order valence-corrected chi connectivity index (χ0v) is 17.5. The average Bonchev–Trinajstić information content (AvgIpc) is 3.13. The van der Waals surface area contributed by atoms with E-state index < -0.39 is 0 Å². The van der Waals surface area contributed by atoms with E-state index in [4.69, 9.17) is 0 Å². The first-order valence-electron chi connectivity index (χ1n) is 9.19. The predicted molar refractivity (Wildman–Crippen MR) is 114 cm³/mol. The summed E-state index contributed by atoms with van der Waals surface area (Å²) in [7, 11) is 0. The van der Waals surface area contributed by atoms with Crippen LogP contribution in [0, 0.1) is 5.92 Å². The summed E-state index contributed by atoms with van der Waals surface area (Å²) >= 11 is 5.22. The van der Waals surface area contributed by atoms with Crippen molar-refractivity contribution >= 4 is 49.2 Å². The standard InChI is InChI=1S/C20H21BrN4OS/c1-2-22-20(26)14-7-9-25(10-8-14)19-18-16(23-12-24-19)11-17(27-18)13-3-5-15(21)6-4-13/h3-6,11-12,14H,2,7-10H2,1H3,(H,22,26). The Balaban J connectivity index is 1.58. The van der Waals surface area contributed by atoms with Gasteiger partial charge in [-0.15, -0.1) is 11.3 Å². The first kappa shape index (κ1) is 18.4. The Morgan fingerprint density at radius 1 is 1.26 bits per heavy atom. The third kappa shape index (κ3) is 3.84. The average molecular weight is 445 g/mol. The molecule has 140 valence electrons. The molecule has 3 heterocycles. The molecule has 1 saturated heterocycles. The largest absolute Gasteiger partial charge is 0.356 e. The molecule has 1 aromatic carbocycles. The van der Waals surface area contributed by atoms with Gasteiger partial charge in [0.05, 0.1) is 10.2 Å². The number of hydrogen-bond donors (Lipinski definition) is 1. The van der Waals surface area contributed by atoms with Crippen molar-refractivity contribution in [2.75, 3.05) is 24.5 Å². The van der Waals surface area contributed by atoms with Gasteiger partial charge < -0.3 is 10.2 Å². The maximum Gasteiger partial charge on any atom is 0.223 e. The summed E-state index contributed by atoms with van der Waals surface area (Å²) in [6.07, 6.45) is 3.37. The van der Waals surface area contributed by atoms with Gasteiger partial charge in [-0.1, -0.05) is 28.1 Å². The number of halogens is 1. The molecule has 7 heteroatoms. The zero-order valence-electron chi connectivity index (χ0n) is 15.1. The van der Waals surface area contributed by atoms with Crippen molar-refractivity contribution < 1.29 is 4.79 Å². The number of carbonyl (C=O) groups excluding carboxylic acids is 1. The Kier molecular flexibility index (Phi) is 5.41. The van der Waals surface area contributed by atoms with E-state index in [0.29, 0.717) is 6.54 Å². The summed E-state index contributed by atoms with van der Waals surface area (Å²) in [6, 6.07) is 10.5. The monoisotopic (exact) mass is 444 g/mol. The van der Waals surface area contributed by atoms with E-state index in [1.165, 1.54) is 10.4 Å². The topological polar surface area (TPSA) is 58.1 Å². The molecule has 27 heavy (non-hydrogen) atoms. The van der Waals surface area contributed by atoms with E-state index in [2.05, 4.69) is 66.4 Å². The number of amides is 1. The minimum absolute atomic E-state index is 0.111. The summed E-state index contributed by atoms with van der Waals surface area (Å²) in [4.78, 5) is 24.6. The fourth-order valence-corrected chi connectivity index (χ4v) is 4.89. The molecule has 4 rings (SSSR count). The SMILES string of the molecule is CCNC(=O)C1CCN(c2ncnc3cc(-c4ccc(Br)cc4)sc23)CC1. The van der Waals surface area contributed by atoms with Gasteiger partial charge in [0.1, 0.15) is 12.1 Å². The number of fused-ring (bicyclic) bond motifs is 1. The van der Waals surface area contributed by atoms with Crippen LogP contribution in [0.3, 0.4) is 0 Å². The molecular formula is C20H21BrN4OS. The minimum atomic E-state index is 0.111. The van der Waals surface area contributed by atoms with Gasteiger partial charge in [0.2, 0.25) is 5.91 Å². The fourth-order valence-electron chi connectivity index (χ4n) is 3.50. The van der Waals surface area contributed by atoms with Crippen molar-refractivity contribution in [1.82, 2.24) is 15.3 Å². The van der Waals surface area contributed by atoms with Crippen LogP contribution in [0.5, 0.6) is 0 Å². The van der Waals surface area contributed by atoms with Gasteiger partial charge in [0, 0.05) is 34.9 Å². The van der Waals surface area contributed by atoms with Crippen molar-refractivity contribution in [3.63, 3.8) is 0 Å². The molecule has 5 nitrogen and oxygen atoms in total. The van der Waals surface area contributed by atoms with E-state index in [0.717, 1.165) is 46.4 Å². The van der Waals surface area contributed by atoms with E-state index in [1.54, 1.807) is 17.7 Å². The molecule has 3 aromatic rings. The van der Waals surface area contributed by atoms with Crippen LogP contribution < -0.4 is 10.2 Å². The van der Waals surface area contributed by atoms with Crippen LogP contribution in [0.2, 0.25) is 0 Å². The summed E-state index contributed by atoms with van der Waals surface area (Å²) in [5.74, 6) is 1.28. The van der Waals surface area contributed by atoms with Gasteiger partial charge in [-0.05, 0) is 43.5 Å². The fraction of sp³-hybridized carbons (Fsp3) is 0.350. The Morgan fingerprint density at radius 3 is 2.70 bits per heavy atom. The summed E-state index contributed by atoms with van der Waals surface area (Å²) in [5.41, 5.74) is 2.16. The molecule has 0 saturated carbocycles. The van der Waals surface area contributed by atoms with Crippen molar-refractivity contribution in [2.24, 2.45) is 5.92 Å².